The molecule has 0 aliphatic heterocycles. The summed E-state index contributed by atoms with van der Waals surface area (Å²) in [5.41, 5.74) is 2.87. The highest BCUT2D eigenvalue weighted by molar-refractivity contribution is 8.00. The Kier molecular flexibility index (Phi) is 7.73. The minimum absolute atomic E-state index is 0.0806. The van der Waals surface area contributed by atoms with Crippen LogP contribution in [0, 0.1) is 6.92 Å². The lowest BCUT2D eigenvalue weighted by Gasteiger charge is -2.11. The first-order chi connectivity index (χ1) is 12.9. The smallest absolute Gasteiger partial charge is 0.243 e. The molecule has 2 aromatic rings. The molecule has 0 fully saturated rings. The number of carbonyl (C=O) groups is 2. The Morgan fingerprint density at radius 1 is 1.07 bits per heavy atom. The summed E-state index contributed by atoms with van der Waals surface area (Å²) < 4.78 is 5.23. The molecule has 0 spiro atoms. The van der Waals surface area contributed by atoms with Gasteiger partial charge in [-0.25, -0.2) is 0 Å². The number of rotatable bonds is 8. The Hall–Kier alpha value is -2.47. The highest BCUT2D eigenvalue weighted by Gasteiger charge is 2.10. The molecule has 0 unspecified atom stereocenters. The number of thioether (sulfide) groups is 1. The molecule has 0 saturated heterocycles. The van der Waals surface area contributed by atoms with E-state index in [4.69, 9.17) is 4.74 Å². The van der Waals surface area contributed by atoms with Gasteiger partial charge in [-0.15, -0.1) is 11.8 Å². The predicted octanol–water partition coefficient (Wildman–Crippen LogP) is 3.97. The van der Waals surface area contributed by atoms with Gasteiger partial charge in [0, 0.05) is 4.90 Å². The molecule has 2 rings (SSSR count). The van der Waals surface area contributed by atoms with Crippen molar-refractivity contribution < 1.29 is 14.3 Å². The van der Waals surface area contributed by atoms with E-state index in [9.17, 15) is 9.59 Å². The maximum absolute atomic E-state index is 12.1. The minimum Gasteiger partial charge on any atom is -0.495 e. The van der Waals surface area contributed by atoms with E-state index in [0.29, 0.717) is 17.4 Å². The fraction of sp³-hybridized carbons (Fsp3) is 0.333. The van der Waals surface area contributed by atoms with Crippen LogP contribution in [0.1, 0.15) is 30.9 Å². The Balaban J connectivity index is 1.78. The summed E-state index contributed by atoms with van der Waals surface area (Å²) in [6.07, 6.45) is 0. The van der Waals surface area contributed by atoms with Gasteiger partial charge >= 0.3 is 0 Å². The van der Waals surface area contributed by atoms with Gasteiger partial charge in [-0.3, -0.25) is 9.59 Å². The van der Waals surface area contributed by atoms with E-state index < -0.39 is 0 Å². The van der Waals surface area contributed by atoms with Crippen molar-refractivity contribution in [3.05, 3.63) is 53.6 Å². The van der Waals surface area contributed by atoms with Crippen LogP contribution < -0.4 is 15.4 Å². The molecule has 5 nitrogen and oxygen atoms in total. The Morgan fingerprint density at radius 3 is 2.41 bits per heavy atom. The zero-order valence-electron chi connectivity index (χ0n) is 16.2. The molecule has 0 heterocycles. The number of methoxy groups -OCH3 is 1. The molecule has 0 aliphatic carbocycles. The van der Waals surface area contributed by atoms with Gasteiger partial charge in [-0.2, -0.15) is 0 Å². The second kappa shape index (κ2) is 10.0. The number of amides is 2. The summed E-state index contributed by atoms with van der Waals surface area (Å²) in [6, 6.07) is 13.7. The molecular weight excluding hydrogens is 360 g/mol. The average Bonchev–Trinajstić information content (AvgIpc) is 2.65. The Morgan fingerprint density at radius 2 is 1.78 bits per heavy atom. The molecule has 144 valence electrons. The number of carbonyl (C=O) groups excluding carboxylic acids is 2. The van der Waals surface area contributed by atoms with Gasteiger partial charge in [0.05, 0.1) is 25.1 Å². The molecule has 27 heavy (non-hydrogen) atoms. The van der Waals surface area contributed by atoms with Gasteiger partial charge in [0.15, 0.2) is 0 Å². The number of aryl methyl sites for hydroxylation is 1. The highest BCUT2D eigenvalue weighted by Crippen LogP contribution is 2.25. The van der Waals surface area contributed by atoms with Crippen LogP contribution in [0.25, 0.3) is 0 Å². The molecule has 2 aromatic carbocycles. The standard InChI is InChI=1S/C21H26N2O3S/c1-14(2)16-6-8-17(9-7-16)27-13-21(25)22-12-20(24)23-18-11-15(3)5-10-19(18)26-4/h5-11,14H,12-13H2,1-4H3,(H,22,25)(H,23,24). The molecule has 0 atom stereocenters. The molecule has 6 heteroatoms. The van der Waals surface area contributed by atoms with Crippen LogP contribution in [0.3, 0.4) is 0 Å². The second-order valence-electron chi connectivity index (χ2n) is 6.54. The van der Waals surface area contributed by atoms with Gasteiger partial charge in [-0.05, 0) is 48.2 Å². The van der Waals surface area contributed by atoms with E-state index in [1.165, 1.54) is 17.3 Å². The largest absolute Gasteiger partial charge is 0.495 e. The van der Waals surface area contributed by atoms with E-state index in [2.05, 4.69) is 36.6 Å². The summed E-state index contributed by atoms with van der Waals surface area (Å²) in [6.45, 7) is 6.14. The number of hydrogen-bond donors (Lipinski definition) is 2. The van der Waals surface area contributed by atoms with Crippen LogP contribution >= 0.6 is 11.8 Å². The van der Waals surface area contributed by atoms with Crippen LogP contribution in [-0.4, -0.2) is 31.2 Å². The third-order valence-electron chi connectivity index (χ3n) is 3.99. The first kappa shape index (κ1) is 20.8. The lowest BCUT2D eigenvalue weighted by atomic mass is 10.0. The van der Waals surface area contributed by atoms with Crippen molar-refractivity contribution in [2.45, 2.75) is 31.6 Å². The van der Waals surface area contributed by atoms with E-state index in [-0.39, 0.29) is 24.1 Å². The molecule has 0 bridgehead atoms. The molecule has 2 N–H and O–H groups in total. The molecule has 0 saturated carbocycles. The van der Waals surface area contributed by atoms with Crippen LogP contribution in [-0.2, 0) is 9.59 Å². The molecule has 0 aromatic heterocycles. The maximum atomic E-state index is 12.1. The first-order valence-corrected chi connectivity index (χ1v) is 9.81. The van der Waals surface area contributed by atoms with E-state index in [1.807, 2.05) is 31.2 Å². The van der Waals surface area contributed by atoms with Crippen molar-refractivity contribution in [2.75, 3.05) is 24.7 Å². The van der Waals surface area contributed by atoms with Crippen molar-refractivity contribution >= 4 is 29.3 Å². The van der Waals surface area contributed by atoms with Crippen molar-refractivity contribution in [1.82, 2.24) is 5.32 Å². The number of anilines is 1. The first-order valence-electron chi connectivity index (χ1n) is 8.83. The van der Waals surface area contributed by atoms with Crippen molar-refractivity contribution in [2.24, 2.45) is 0 Å². The Bertz CT molecular complexity index is 789. The second-order valence-corrected chi connectivity index (χ2v) is 7.59. The van der Waals surface area contributed by atoms with Gasteiger partial charge in [0.2, 0.25) is 11.8 Å². The molecule has 0 radical (unpaired) electrons. The molecular formula is C21H26N2O3S. The monoisotopic (exact) mass is 386 g/mol. The fourth-order valence-electron chi connectivity index (χ4n) is 2.44. The van der Waals surface area contributed by atoms with Crippen LogP contribution in [0.15, 0.2) is 47.4 Å². The zero-order chi connectivity index (χ0) is 19.8. The highest BCUT2D eigenvalue weighted by atomic mass is 32.2. The number of ether oxygens (including phenoxy) is 1. The number of nitrogens with one attached hydrogen (secondary N) is 2. The fourth-order valence-corrected chi connectivity index (χ4v) is 3.17. The third-order valence-corrected chi connectivity index (χ3v) is 5.00. The van der Waals surface area contributed by atoms with E-state index >= 15 is 0 Å². The zero-order valence-corrected chi connectivity index (χ0v) is 17.0. The van der Waals surface area contributed by atoms with Crippen LogP contribution in [0.5, 0.6) is 5.75 Å². The maximum Gasteiger partial charge on any atom is 0.243 e. The lowest BCUT2D eigenvalue weighted by Crippen LogP contribution is -2.34. The normalized spacial score (nSPS) is 10.6. The summed E-state index contributed by atoms with van der Waals surface area (Å²) in [7, 11) is 1.55. The number of hydrogen-bond acceptors (Lipinski definition) is 4. The van der Waals surface area contributed by atoms with Gasteiger partial charge < -0.3 is 15.4 Å². The van der Waals surface area contributed by atoms with Gasteiger partial charge in [0.1, 0.15) is 5.75 Å². The van der Waals surface area contributed by atoms with E-state index in [1.54, 1.807) is 13.2 Å². The summed E-state index contributed by atoms with van der Waals surface area (Å²) in [4.78, 5) is 25.1. The lowest BCUT2D eigenvalue weighted by molar-refractivity contribution is -0.122. The molecule has 0 aliphatic rings. The van der Waals surface area contributed by atoms with E-state index in [0.717, 1.165) is 10.5 Å². The third kappa shape index (κ3) is 6.64. The summed E-state index contributed by atoms with van der Waals surface area (Å²) >= 11 is 1.45. The molecule has 2 amide bonds. The summed E-state index contributed by atoms with van der Waals surface area (Å²) in [5, 5.41) is 5.40. The Labute approximate surface area is 164 Å². The minimum atomic E-state index is -0.293. The van der Waals surface area contributed by atoms with Gasteiger partial charge in [0.25, 0.3) is 0 Å². The quantitative estimate of drug-likeness (QED) is 0.674. The van der Waals surface area contributed by atoms with Crippen molar-refractivity contribution in [3.63, 3.8) is 0 Å². The topological polar surface area (TPSA) is 67.4 Å². The SMILES string of the molecule is COc1ccc(C)cc1NC(=O)CNC(=O)CSc1ccc(C(C)C)cc1. The van der Waals surface area contributed by atoms with Crippen molar-refractivity contribution in [3.8, 4) is 5.75 Å². The van der Waals surface area contributed by atoms with Gasteiger partial charge in [-0.1, -0.05) is 32.0 Å². The van der Waals surface area contributed by atoms with Crippen molar-refractivity contribution in [1.29, 1.82) is 0 Å². The average molecular weight is 387 g/mol. The predicted molar refractivity (Wildman–Crippen MR) is 111 cm³/mol. The van der Waals surface area contributed by atoms with Crippen LogP contribution in [0.4, 0.5) is 5.69 Å². The number of benzene rings is 2. The summed E-state index contributed by atoms with van der Waals surface area (Å²) in [5.74, 6) is 0.860. The van der Waals surface area contributed by atoms with Crippen LogP contribution in [0.2, 0.25) is 0 Å².